The lowest BCUT2D eigenvalue weighted by molar-refractivity contribution is 0.249. The molecule has 3 aromatic rings. The van der Waals surface area contributed by atoms with Crippen LogP contribution in [0.15, 0.2) is 36.5 Å². The molecule has 1 fully saturated rings. The smallest absolute Gasteiger partial charge is 0.319 e. The van der Waals surface area contributed by atoms with Crippen LogP contribution in [0.4, 0.5) is 10.5 Å². The highest BCUT2D eigenvalue weighted by molar-refractivity contribution is 5.91. The minimum atomic E-state index is -0.198. The summed E-state index contributed by atoms with van der Waals surface area (Å²) in [6.45, 7) is 7.71. The number of amides is 2. The summed E-state index contributed by atoms with van der Waals surface area (Å²) in [5, 5.41) is 6.72. The second kappa shape index (κ2) is 10.6. The number of rotatable bonds is 8. The van der Waals surface area contributed by atoms with E-state index in [1.807, 2.05) is 44.2 Å². The van der Waals surface area contributed by atoms with Crippen molar-refractivity contribution >= 4 is 22.6 Å². The SMILES string of the molecule is COc1cc2nccc(Oc3ccc(NC(=O)NCCN4CCCC4)c(C)c3C)c2cc1OC. The van der Waals surface area contributed by atoms with Crippen LogP contribution < -0.4 is 24.8 Å². The van der Waals surface area contributed by atoms with Gasteiger partial charge in [0.25, 0.3) is 0 Å². The molecule has 4 rings (SSSR count). The van der Waals surface area contributed by atoms with E-state index >= 15 is 0 Å². The summed E-state index contributed by atoms with van der Waals surface area (Å²) in [6.07, 6.45) is 4.19. The zero-order valence-electron chi connectivity index (χ0n) is 20.2. The first-order valence-electron chi connectivity index (χ1n) is 11.6. The van der Waals surface area contributed by atoms with Crippen LogP contribution in [0, 0.1) is 13.8 Å². The molecule has 1 aliphatic rings. The first-order valence-corrected chi connectivity index (χ1v) is 11.6. The van der Waals surface area contributed by atoms with Crippen molar-refractivity contribution in [2.45, 2.75) is 26.7 Å². The van der Waals surface area contributed by atoms with Crippen molar-refractivity contribution < 1.29 is 19.0 Å². The molecule has 1 saturated heterocycles. The zero-order chi connectivity index (χ0) is 24.1. The number of likely N-dealkylation sites (tertiary alicyclic amines) is 1. The van der Waals surface area contributed by atoms with Crippen LogP contribution in [0.1, 0.15) is 24.0 Å². The predicted molar refractivity (Wildman–Crippen MR) is 134 cm³/mol. The monoisotopic (exact) mass is 464 g/mol. The van der Waals surface area contributed by atoms with Gasteiger partial charge in [0.2, 0.25) is 0 Å². The van der Waals surface area contributed by atoms with Crippen LogP contribution in [0.3, 0.4) is 0 Å². The number of hydrogen-bond donors (Lipinski definition) is 2. The van der Waals surface area contributed by atoms with E-state index in [9.17, 15) is 4.79 Å². The van der Waals surface area contributed by atoms with Gasteiger partial charge in [-0.2, -0.15) is 0 Å². The normalized spacial score (nSPS) is 13.6. The molecule has 2 heterocycles. The third kappa shape index (κ3) is 5.17. The van der Waals surface area contributed by atoms with Gasteiger partial charge in [0.1, 0.15) is 11.5 Å². The zero-order valence-corrected chi connectivity index (χ0v) is 20.2. The van der Waals surface area contributed by atoms with E-state index in [4.69, 9.17) is 14.2 Å². The van der Waals surface area contributed by atoms with E-state index in [1.54, 1.807) is 20.4 Å². The average molecular weight is 465 g/mol. The van der Waals surface area contributed by atoms with E-state index < -0.39 is 0 Å². The van der Waals surface area contributed by atoms with Gasteiger partial charge in [-0.25, -0.2) is 4.79 Å². The van der Waals surface area contributed by atoms with Crippen LogP contribution in [0.25, 0.3) is 10.9 Å². The van der Waals surface area contributed by atoms with E-state index in [-0.39, 0.29) is 6.03 Å². The van der Waals surface area contributed by atoms with Crippen LogP contribution in [0.2, 0.25) is 0 Å². The van der Waals surface area contributed by atoms with Crippen molar-refractivity contribution in [1.29, 1.82) is 0 Å². The Hall–Kier alpha value is -3.52. The number of methoxy groups -OCH3 is 2. The lowest BCUT2D eigenvalue weighted by Gasteiger charge is -2.17. The van der Waals surface area contributed by atoms with Crippen molar-refractivity contribution in [1.82, 2.24) is 15.2 Å². The van der Waals surface area contributed by atoms with Gasteiger partial charge < -0.3 is 29.7 Å². The summed E-state index contributed by atoms with van der Waals surface area (Å²) in [5.41, 5.74) is 3.40. The number of benzene rings is 2. The fraction of sp³-hybridized carbons (Fsp3) is 0.385. The Labute approximate surface area is 200 Å². The van der Waals surface area contributed by atoms with Crippen molar-refractivity contribution in [3.8, 4) is 23.0 Å². The van der Waals surface area contributed by atoms with Crippen molar-refractivity contribution in [3.63, 3.8) is 0 Å². The number of urea groups is 1. The number of fused-ring (bicyclic) bond motifs is 1. The fourth-order valence-electron chi connectivity index (χ4n) is 4.20. The maximum absolute atomic E-state index is 12.4. The lowest BCUT2D eigenvalue weighted by Crippen LogP contribution is -2.36. The third-order valence-electron chi connectivity index (χ3n) is 6.32. The quantitative estimate of drug-likeness (QED) is 0.494. The first-order chi connectivity index (χ1) is 16.5. The second-order valence-electron chi connectivity index (χ2n) is 8.43. The standard InChI is InChI=1S/C26H32N4O4/c1-17-18(2)22(8-7-20(17)29-26(31)28-11-14-30-12-5-6-13-30)34-23-9-10-27-21-16-25(33-4)24(32-3)15-19(21)23/h7-10,15-16H,5-6,11-14H2,1-4H3,(H2,28,29,31). The Morgan fingerprint density at radius 3 is 2.44 bits per heavy atom. The molecular formula is C26H32N4O4. The van der Waals surface area contributed by atoms with Gasteiger partial charge >= 0.3 is 6.03 Å². The molecule has 0 aliphatic carbocycles. The molecule has 0 radical (unpaired) electrons. The number of nitrogens with zero attached hydrogens (tertiary/aromatic N) is 2. The van der Waals surface area contributed by atoms with Gasteiger partial charge in [-0.1, -0.05) is 0 Å². The average Bonchev–Trinajstić information content (AvgIpc) is 3.36. The van der Waals surface area contributed by atoms with Crippen LogP contribution in [-0.4, -0.2) is 56.3 Å². The number of carbonyl (C=O) groups excluding carboxylic acids is 1. The van der Waals surface area contributed by atoms with Crippen molar-refractivity contribution in [2.24, 2.45) is 0 Å². The Morgan fingerprint density at radius 2 is 1.71 bits per heavy atom. The number of aromatic nitrogens is 1. The number of pyridine rings is 1. The molecule has 1 aromatic heterocycles. The van der Waals surface area contributed by atoms with E-state index in [0.29, 0.717) is 29.5 Å². The Kier molecular flexibility index (Phi) is 7.37. The van der Waals surface area contributed by atoms with Gasteiger partial charge in [0.15, 0.2) is 11.5 Å². The molecule has 180 valence electrons. The van der Waals surface area contributed by atoms with E-state index in [0.717, 1.165) is 47.4 Å². The number of anilines is 1. The highest BCUT2D eigenvalue weighted by Gasteiger charge is 2.15. The summed E-state index contributed by atoms with van der Waals surface area (Å²) in [5.74, 6) is 2.59. The van der Waals surface area contributed by atoms with E-state index in [2.05, 4.69) is 20.5 Å². The van der Waals surface area contributed by atoms with Crippen molar-refractivity contribution in [3.05, 3.63) is 47.7 Å². The minimum absolute atomic E-state index is 0.198. The molecular weight excluding hydrogens is 432 g/mol. The lowest BCUT2D eigenvalue weighted by atomic mass is 10.1. The Balaban J connectivity index is 1.48. The number of carbonyl (C=O) groups is 1. The molecule has 0 saturated carbocycles. The molecule has 0 bridgehead atoms. The molecule has 8 heteroatoms. The molecule has 0 spiro atoms. The highest BCUT2D eigenvalue weighted by atomic mass is 16.5. The summed E-state index contributed by atoms with van der Waals surface area (Å²) >= 11 is 0. The summed E-state index contributed by atoms with van der Waals surface area (Å²) < 4.78 is 17.1. The Bertz CT molecular complexity index is 1180. The van der Waals surface area contributed by atoms with Gasteiger partial charge in [0.05, 0.1) is 19.7 Å². The summed E-state index contributed by atoms with van der Waals surface area (Å²) in [4.78, 5) is 19.2. The van der Waals surface area contributed by atoms with Gasteiger partial charge in [-0.3, -0.25) is 4.98 Å². The molecule has 2 aromatic carbocycles. The highest BCUT2D eigenvalue weighted by Crippen LogP contribution is 2.38. The van der Waals surface area contributed by atoms with Crippen LogP contribution >= 0.6 is 0 Å². The predicted octanol–water partition coefficient (Wildman–Crippen LogP) is 4.88. The number of ether oxygens (including phenoxy) is 3. The third-order valence-corrected chi connectivity index (χ3v) is 6.32. The first kappa shape index (κ1) is 23.6. The molecule has 1 aliphatic heterocycles. The molecule has 2 N–H and O–H groups in total. The maximum atomic E-state index is 12.4. The maximum Gasteiger partial charge on any atom is 0.319 e. The Morgan fingerprint density at radius 1 is 0.971 bits per heavy atom. The van der Waals surface area contributed by atoms with Crippen LogP contribution in [0.5, 0.6) is 23.0 Å². The summed E-state index contributed by atoms with van der Waals surface area (Å²) in [7, 11) is 3.20. The molecule has 8 nitrogen and oxygen atoms in total. The number of nitrogens with one attached hydrogen (secondary N) is 2. The fourth-order valence-corrected chi connectivity index (χ4v) is 4.20. The second-order valence-corrected chi connectivity index (χ2v) is 8.43. The molecule has 34 heavy (non-hydrogen) atoms. The molecule has 0 atom stereocenters. The minimum Gasteiger partial charge on any atom is -0.493 e. The number of hydrogen-bond acceptors (Lipinski definition) is 6. The van der Waals surface area contributed by atoms with Crippen molar-refractivity contribution in [2.75, 3.05) is 45.7 Å². The largest absolute Gasteiger partial charge is 0.493 e. The van der Waals surface area contributed by atoms with Gasteiger partial charge in [-0.05, 0) is 75.2 Å². The molecule has 0 unspecified atom stereocenters. The van der Waals surface area contributed by atoms with Gasteiger partial charge in [-0.15, -0.1) is 0 Å². The van der Waals surface area contributed by atoms with Crippen LogP contribution in [-0.2, 0) is 0 Å². The van der Waals surface area contributed by atoms with Gasteiger partial charge in [0, 0.05) is 36.4 Å². The molecule has 2 amide bonds. The topological polar surface area (TPSA) is 85.0 Å². The van der Waals surface area contributed by atoms with E-state index in [1.165, 1.54) is 12.8 Å². The summed E-state index contributed by atoms with van der Waals surface area (Å²) in [6, 6.07) is 9.05.